The molecule has 0 aliphatic carbocycles. The lowest BCUT2D eigenvalue weighted by Gasteiger charge is -2.05. The maximum Gasteiger partial charge on any atom is 0.234 e. The SMILES string of the molecule is Cc1ccc(NC(=O)CSc2ncnc3sc(C)cc23)cc1. The monoisotopic (exact) mass is 329 g/mol. The molecule has 3 aromatic rings. The van der Waals surface area contributed by atoms with Gasteiger partial charge in [-0.3, -0.25) is 4.79 Å². The third-order valence-corrected chi connectivity index (χ3v) is 5.06. The van der Waals surface area contributed by atoms with E-state index < -0.39 is 0 Å². The van der Waals surface area contributed by atoms with E-state index in [2.05, 4.69) is 21.4 Å². The second kappa shape index (κ2) is 6.46. The Morgan fingerprint density at radius 1 is 1.23 bits per heavy atom. The van der Waals surface area contributed by atoms with Gasteiger partial charge < -0.3 is 5.32 Å². The van der Waals surface area contributed by atoms with Gasteiger partial charge in [0.05, 0.1) is 5.75 Å². The molecule has 0 aliphatic rings. The van der Waals surface area contributed by atoms with Gasteiger partial charge in [-0.15, -0.1) is 11.3 Å². The maximum absolute atomic E-state index is 12.0. The number of anilines is 1. The zero-order chi connectivity index (χ0) is 15.5. The quantitative estimate of drug-likeness (QED) is 0.580. The van der Waals surface area contributed by atoms with Crippen molar-refractivity contribution in [3.8, 4) is 0 Å². The number of amides is 1. The van der Waals surface area contributed by atoms with Gasteiger partial charge in [-0.25, -0.2) is 9.97 Å². The number of nitrogens with one attached hydrogen (secondary N) is 1. The summed E-state index contributed by atoms with van der Waals surface area (Å²) in [5.74, 6) is 0.294. The lowest BCUT2D eigenvalue weighted by Crippen LogP contribution is -2.14. The molecule has 1 N–H and O–H groups in total. The minimum Gasteiger partial charge on any atom is -0.325 e. The number of rotatable bonds is 4. The van der Waals surface area contributed by atoms with E-state index in [1.165, 1.54) is 22.2 Å². The van der Waals surface area contributed by atoms with Crippen LogP contribution in [0.1, 0.15) is 10.4 Å². The molecule has 0 unspecified atom stereocenters. The first-order chi connectivity index (χ1) is 10.6. The minimum atomic E-state index is -0.0347. The highest BCUT2D eigenvalue weighted by atomic mass is 32.2. The number of fused-ring (bicyclic) bond motifs is 1. The van der Waals surface area contributed by atoms with Crippen LogP contribution in [0.4, 0.5) is 5.69 Å². The van der Waals surface area contributed by atoms with Gasteiger partial charge in [0.15, 0.2) is 0 Å². The highest BCUT2D eigenvalue weighted by Crippen LogP contribution is 2.30. The molecule has 6 heteroatoms. The molecule has 0 radical (unpaired) electrons. The fraction of sp³-hybridized carbons (Fsp3) is 0.188. The molecule has 4 nitrogen and oxygen atoms in total. The molecular formula is C16H15N3OS2. The van der Waals surface area contributed by atoms with Crippen molar-refractivity contribution in [3.05, 3.63) is 47.1 Å². The maximum atomic E-state index is 12.0. The lowest BCUT2D eigenvalue weighted by molar-refractivity contribution is -0.113. The number of benzene rings is 1. The van der Waals surface area contributed by atoms with E-state index in [-0.39, 0.29) is 5.91 Å². The molecule has 0 saturated carbocycles. The predicted octanol–water partition coefficient (Wildman–Crippen LogP) is 4.04. The summed E-state index contributed by atoms with van der Waals surface area (Å²) in [7, 11) is 0. The number of carbonyl (C=O) groups excluding carboxylic acids is 1. The smallest absolute Gasteiger partial charge is 0.234 e. The van der Waals surface area contributed by atoms with Gasteiger partial charge in [-0.2, -0.15) is 0 Å². The van der Waals surface area contributed by atoms with Gasteiger partial charge in [-0.05, 0) is 32.0 Å². The molecule has 2 heterocycles. The van der Waals surface area contributed by atoms with E-state index in [1.807, 2.05) is 38.1 Å². The van der Waals surface area contributed by atoms with Gasteiger partial charge >= 0.3 is 0 Å². The Morgan fingerprint density at radius 3 is 2.77 bits per heavy atom. The van der Waals surface area contributed by atoms with Crippen LogP contribution in [-0.2, 0) is 4.79 Å². The second-order valence-electron chi connectivity index (χ2n) is 4.96. The summed E-state index contributed by atoms with van der Waals surface area (Å²) in [6, 6.07) is 9.84. The Balaban J connectivity index is 1.66. The number of aromatic nitrogens is 2. The normalized spacial score (nSPS) is 10.8. The predicted molar refractivity (Wildman–Crippen MR) is 92.7 cm³/mol. The number of thioether (sulfide) groups is 1. The fourth-order valence-electron chi connectivity index (χ4n) is 2.04. The van der Waals surface area contributed by atoms with Crippen molar-refractivity contribution >= 4 is 44.9 Å². The molecule has 1 amide bonds. The van der Waals surface area contributed by atoms with Gasteiger partial charge in [0.25, 0.3) is 0 Å². The number of aryl methyl sites for hydroxylation is 2. The van der Waals surface area contributed by atoms with Crippen LogP contribution in [0.3, 0.4) is 0 Å². The van der Waals surface area contributed by atoms with Crippen molar-refractivity contribution in [2.24, 2.45) is 0 Å². The Bertz CT molecular complexity index is 812. The number of carbonyl (C=O) groups is 1. The first-order valence-electron chi connectivity index (χ1n) is 6.82. The number of nitrogens with zero attached hydrogens (tertiary/aromatic N) is 2. The average Bonchev–Trinajstić information content (AvgIpc) is 2.88. The third-order valence-electron chi connectivity index (χ3n) is 3.09. The summed E-state index contributed by atoms with van der Waals surface area (Å²) < 4.78 is 0. The highest BCUT2D eigenvalue weighted by Gasteiger charge is 2.10. The van der Waals surface area contributed by atoms with Gasteiger partial charge in [0, 0.05) is 16.0 Å². The van der Waals surface area contributed by atoms with E-state index >= 15 is 0 Å². The van der Waals surface area contributed by atoms with Crippen LogP contribution in [0.15, 0.2) is 41.7 Å². The molecule has 2 aromatic heterocycles. The van der Waals surface area contributed by atoms with Crippen LogP contribution < -0.4 is 5.32 Å². The molecule has 0 bridgehead atoms. The molecule has 0 aliphatic heterocycles. The summed E-state index contributed by atoms with van der Waals surface area (Å²) in [5, 5.41) is 4.77. The molecule has 0 spiro atoms. The Kier molecular flexibility index (Phi) is 4.40. The number of thiophene rings is 1. The molecule has 1 aromatic carbocycles. The first-order valence-corrected chi connectivity index (χ1v) is 8.62. The molecule has 112 valence electrons. The van der Waals surface area contributed by atoms with Crippen molar-refractivity contribution < 1.29 is 4.79 Å². The Morgan fingerprint density at radius 2 is 2.00 bits per heavy atom. The molecule has 3 rings (SSSR count). The van der Waals surface area contributed by atoms with Crippen LogP contribution in [0.25, 0.3) is 10.2 Å². The second-order valence-corrected chi connectivity index (χ2v) is 7.16. The van der Waals surface area contributed by atoms with Crippen molar-refractivity contribution in [3.63, 3.8) is 0 Å². The van der Waals surface area contributed by atoms with Crippen molar-refractivity contribution in [1.29, 1.82) is 0 Å². The number of hydrogen-bond acceptors (Lipinski definition) is 5. The molecule has 0 fully saturated rings. The zero-order valence-electron chi connectivity index (χ0n) is 12.3. The van der Waals surface area contributed by atoms with Crippen LogP contribution in [-0.4, -0.2) is 21.6 Å². The van der Waals surface area contributed by atoms with E-state index in [9.17, 15) is 4.79 Å². The molecular weight excluding hydrogens is 314 g/mol. The standard InChI is InChI=1S/C16H15N3OS2/c1-10-3-5-12(6-4-10)19-14(20)8-21-15-13-7-11(2)22-16(13)18-9-17-15/h3-7,9H,8H2,1-2H3,(H,19,20). The van der Waals surface area contributed by atoms with Crippen molar-refractivity contribution in [2.45, 2.75) is 18.9 Å². The Labute approximate surface area is 137 Å². The fourth-order valence-corrected chi connectivity index (χ4v) is 3.72. The average molecular weight is 329 g/mol. The van der Waals surface area contributed by atoms with Gasteiger partial charge in [0.1, 0.15) is 16.2 Å². The van der Waals surface area contributed by atoms with Crippen molar-refractivity contribution in [2.75, 3.05) is 11.1 Å². The topological polar surface area (TPSA) is 54.9 Å². The molecule has 0 atom stereocenters. The Hall–Kier alpha value is -1.92. The van der Waals surface area contributed by atoms with E-state index in [4.69, 9.17) is 0 Å². The van der Waals surface area contributed by atoms with Crippen LogP contribution >= 0.6 is 23.1 Å². The van der Waals surface area contributed by atoms with E-state index in [0.29, 0.717) is 5.75 Å². The van der Waals surface area contributed by atoms with Crippen LogP contribution in [0, 0.1) is 13.8 Å². The summed E-state index contributed by atoms with van der Waals surface area (Å²) in [5.41, 5.74) is 1.99. The summed E-state index contributed by atoms with van der Waals surface area (Å²) in [6.07, 6.45) is 1.55. The van der Waals surface area contributed by atoms with E-state index in [0.717, 1.165) is 20.9 Å². The zero-order valence-corrected chi connectivity index (χ0v) is 13.9. The van der Waals surface area contributed by atoms with Crippen molar-refractivity contribution in [1.82, 2.24) is 9.97 Å². The van der Waals surface area contributed by atoms with Crippen LogP contribution in [0.5, 0.6) is 0 Å². The van der Waals surface area contributed by atoms with Gasteiger partial charge in [-0.1, -0.05) is 29.5 Å². The molecule has 22 heavy (non-hydrogen) atoms. The highest BCUT2D eigenvalue weighted by molar-refractivity contribution is 8.00. The summed E-state index contributed by atoms with van der Waals surface area (Å²) >= 11 is 3.08. The number of hydrogen-bond donors (Lipinski definition) is 1. The minimum absolute atomic E-state index is 0.0347. The third kappa shape index (κ3) is 3.45. The summed E-state index contributed by atoms with van der Waals surface area (Å²) in [4.78, 5) is 22.8. The van der Waals surface area contributed by atoms with E-state index in [1.54, 1.807) is 17.7 Å². The van der Waals surface area contributed by atoms with Crippen LogP contribution in [0.2, 0.25) is 0 Å². The summed E-state index contributed by atoms with van der Waals surface area (Å²) in [6.45, 7) is 4.07. The lowest BCUT2D eigenvalue weighted by atomic mass is 10.2. The first kappa shape index (κ1) is 15.0. The van der Waals surface area contributed by atoms with Gasteiger partial charge in [0.2, 0.25) is 5.91 Å². The largest absolute Gasteiger partial charge is 0.325 e. The molecule has 0 saturated heterocycles.